The zero-order valence-electron chi connectivity index (χ0n) is 17.5. The molecule has 3 aliphatic rings. The van der Waals surface area contributed by atoms with Gasteiger partial charge in [0, 0.05) is 44.8 Å². The lowest BCUT2D eigenvalue weighted by Gasteiger charge is -2.43. The van der Waals surface area contributed by atoms with Gasteiger partial charge in [0.05, 0.1) is 11.6 Å². The second-order valence-corrected chi connectivity index (χ2v) is 9.22. The molecule has 1 saturated heterocycles. The van der Waals surface area contributed by atoms with Crippen molar-refractivity contribution in [1.29, 1.82) is 5.26 Å². The van der Waals surface area contributed by atoms with Crippen LogP contribution >= 0.6 is 0 Å². The highest BCUT2D eigenvalue weighted by Gasteiger charge is 2.42. The number of rotatable bonds is 4. The zero-order valence-corrected chi connectivity index (χ0v) is 17.5. The summed E-state index contributed by atoms with van der Waals surface area (Å²) in [5.41, 5.74) is 2.04. The molecule has 2 aliphatic carbocycles. The van der Waals surface area contributed by atoms with Crippen LogP contribution in [0.5, 0.6) is 0 Å². The highest BCUT2D eigenvalue weighted by atomic mass is 19.4. The monoisotopic (exact) mass is 432 g/mol. The minimum Gasteiger partial charge on any atom is -0.368 e. The Balaban J connectivity index is 1.25. The van der Waals surface area contributed by atoms with Crippen molar-refractivity contribution in [3.8, 4) is 6.07 Å². The van der Waals surface area contributed by atoms with Crippen LogP contribution in [0.15, 0.2) is 12.3 Å². The van der Waals surface area contributed by atoms with Crippen LogP contribution in [-0.4, -0.2) is 57.9 Å². The van der Waals surface area contributed by atoms with Gasteiger partial charge < -0.3 is 4.90 Å². The standard InChI is InChI=1S/C22H27F3N6/c23-22(24,25)16-3-5-17(6-4-16)29-9-11-30(12-10-29)19-7-8-31-20(13-15-1-2-15)27-28-21(31)18(19)14-26/h7-8,15-17H,1-6,9-13H2/t16-,17-. The van der Waals surface area contributed by atoms with Crippen LogP contribution < -0.4 is 4.90 Å². The molecule has 0 N–H and O–H groups in total. The molecule has 0 bridgehead atoms. The minimum absolute atomic E-state index is 0.236. The molecule has 2 saturated carbocycles. The van der Waals surface area contributed by atoms with E-state index in [1.165, 1.54) is 12.8 Å². The molecule has 2 aromatic heterocycles. The molecule has 5 rings (SSSR count). The Morgan fingerprint density at radius 3 is 2.32 bits per heavy atom. The van der Waals surface area contributed by atoms with Crippen molar-refractivity contribution in [1.82, 2.24) is 19.5 Å². The first-order valence-electron chi connectivity index (χ1n) is 11.3. The Bertz CT molecular complexity index is 974. The average Bonchev–Trinajstić information content (AvgIpc) is 3.51. The lowest BCUT2D eigenvalue weighted by molar-refractivity contribution is -0.184. The number of hydrogen-bond donors (Lipinski definition) is 0. The maximum absolute atomic E-state index is 12.9. The Hall–Kier alpha value is -2.34. The van der Waals surface area contributed by atoms with Gasteiger partial charge in [0.2, 0.25) is 0 Å². The number of nitriles is 1. The van der Waals surface area contributed by atoms with E-state index in [1.54, 1.807) is 0 Å². The molecule has 9 heteroatoms. The Morgan fingerprint density at radius 2 is 1.71 bits per heavy atom. The SMILES string of the molecule is N#Cc1c(N2CCN([C@H]3CC[C@H](C(F)(F)F)CC3)CC2)ccn2c(CC3CC3)nnc12. The summed E-state index contributed by atoms with van der Waals surface area (Å²) in [6.45, 7) is 3.12. The molecule has 3 heterocycles. The largest absolute Gasteiger partial charge is 0.391 e. The Kier molecular flexibility index (Phi) is 5.29. The van der Waals surface area contributed by atoms with Crippen molar-refractivity contribution in [2.75, 3.05) is 31.1 Å². The number of nitrogens with zero attached hydrogens (tertiary/aromatic N) is 6. The van der Waals surface area contributed by atoms with Crippen molar-refractivity contribution < 1.29 is 13.2 Å². The van der Waals surface area contributed by atoms with Gasteiger partial charge in [-0.15, -0.1) is 10.2 Å². The number of pyridine rings is 1. The molecule has 0 spiro atoms. The number of halogens is 3. The maximum atomic E-state index is 12.9. The van der Waals surface area contributed by atoms with E-state index in [2.05, 4.69) is 26.1 Å². The quantitative estimate of drug-likeness (QED) is 0.736. The third-order valence-corrected chi connectivity index (χ3v) is 7.24. The van der Waals surface area contributed by atoms with Crippen molar-refractivity contribution in [3.63, 3.8) is 0 Å². The molecular formula is C22H27F3N6. The number of anilines is 1. The summed E-state index contributed by atoms with van der Waals surface area (Å²) < 4.78 is 40.8. The number of alkyl halides is 3. The van der Waals surface area contributed by atoms with Gasteiger partial charge in [-0.3, -0.25) is 9.30 Å². The predicted octanol–water partition coefficient (Wildman–Crippen LogP) is 3.80. The highest BCUT2D eigenvalue weighted by molar-refractivity contribution is 5.71. The highest BCUT2D eigenvalue weighted by Crippen LogP contribution is 2.39. The van der Waals surface area contributed by atoms with Crippen LogP contribution in [-0.2, 0) is 6.42 Å². The number of fused-ring (bicyclic) bond motifs is 1. The molecular weight excluding hydrogens is 405 g/mol. The van der Waals surface area contributed by atoms with Crippen LogP contribution in [0.2, 0.25) is 0 Å². The van der Waals surface area contributed by atoms with Crippen LogP contribution in [0.3, 0.4) is 0 Å². The van der Waals surface area contributed by atoms with Gasteiger partial charge in [-0.2, -0.15) is 18.4 Å². The van der Waals surface area contributed by atoms with Gasteiger partial charge in [-0.1, -0.05) is 0 Å². The molecule has 0 unspecified atom stereocenters. The van der Waals surface area contributed by atoms with Crippen molar-refractivity contribution in [3.05, 3.63) is 23.7 Å². The van der Waals surface area contributed by atoms with Gasteiger partial charge >= 0.3 is 6.18 Å². The van der Waals surface area contributed by atoms with Gasteiger partial charge in [0.15, 0.2) is 5.65 Å². The average molecular weight is 432 g/mol. The van der Waals surface area contributed by atoms with Gasteiger partial charge in [0.1, 0.15) is 17.5 Å². The molecule has 2 aromatic rings. The van der Waals surface area contributed by atoms with E-state index in [0.29, 0.717) is 30.0 Å². The molecule has 0 atom stereocenters. The fraction of sp³-hybridized carbons (Fsp3) is 0.682. The Labute approximate surface area is 179 Å². The van der Waals surface area contributed by atoms with Crippen LogP contribution in [0.1, 0.15) is 49.9 Å². The summed E-state index contributed by atoms with van der Waals surface area (Å²) in [6, 6.07) is 4.54. The third-order valence-electron chi connectivity index (χ3n) is 7.24. The van der Waals surface area contributed by atoms with Crippen LogP contribution in [0.25, 0.3) is 5.65 Å². The normalized spacial score (nSPS) is 25.7. The molecule has 3 fully saturated rings. The van der Waals surface area contributed by atoms with E-state index in [1.807, 2.05) is 16.7 Å². The molecule has 166 valence electrons. The zero-order chi connectivity index (χ0) is 21.6. The summed E-state index contributed by atoms with van der Waals surface area (Å²) in [6.07, 6.45) is 2.98. The van der Waals surface area contributed by atoms with E-state index < -0.39 is 12.1 Å². The summed E-state index contributed by atoms with van der Waals surface area (Å²) in [4.78, 5) is 4.53. The number of piperazine rings is 1. The summed E-state index contributed by atoms with van der Waals surface area (Å²) in [5, 5.41) is 18.5. The van der Waals surface area contributed by atoms with Gasteiger partial charge in [-0.25, -0.2) is 0 Å². The Morgan fingerprint density at radius 1 is 1.00 bits per heavy atom. The van der Waals surface area contributed by atoms with Gasteiger partial charge in [0.25, 0.3) is 0 Å². The van der Waals surface area contributed by atoms with Crippen molar-refractivity contribution >= 4 is 11.3 Å². The van der Waals surface area contributed by atoms with Crippen LogP contribution in [0, 0.1) is 23.2 Å². The molecule has 0 radical (unpaired) electrons. The molecule has 6 nitrogen and oxygen atoms in total. The smallest absolute Gasteiger partial charge is 0.368 e. The molecule has 31 heavy (non-hydrogen) atoms. The number of hydrogen-bond acceptors (Lipinski definition) is 5. The molecule has 0 aromatic carbocycles. The fourth-order valence-electron chi connectivity index (χ4n) is 5.18. The van der Waals surface area contributed by atoms with Crippen molar-refractivity contribution in [2.24, 2.45) is 11.8 Å². The number of aromatic nitrogens is 3. The lowest BCUT2D eigenvalue weighted by Crippen LogP contribution is -2.51. The summed E-state index contributed by atoms with van der Waals surface area (Å²) in [7, 11) is 0. The molecule has 0 amide bonds. The maximum Gasteiger partial charge on any atom is 0.391 e. The van der Waals surface area contributed by atoms with Crippen molar-refractivity contribution in [2.45, 2.75) is 57.2 Å². The summed E-state index contributed by atoms with van der Waals surface area (Å²) >= 11 is 0. The van der Waals surface area contributed by atoms with Gasteiger partial charge in [-0.05, 0) is 50.5 Å². The third kappa shape index (κ3) is 4.10. The first-order valence-corrected chi connectivity index (χ1v) is 11.3. The summed E-state index contributed by atoms with van der Waals surface area (Å²) in [5.74, 6) is 0.472. The first kappa shape index (κ1) is 20.6. The van der Waals surface area contributed by atoms with Crippen LogP contribution in [0.4, 0.5) is 18.9 Å². The second kappa shape index (κ2) is 7.97. The molecule has 1 aliphatic heterocycles. The second-order valence-electron chi connectivity index (χ2n) is 9.22. The van der Waals surface area contributed by atoms with E-state index in [0.717, 1.165) is 44.1 Å². The van der Waals surface area contributed by atoms with E-state index in [4.69, 9.17) is 0 Å². The fourth-order valence-corrected chi connectivity index (χ4v) is 5.18. The van der Waals surface area contributed by atoms with E-state index in [9.17, 15) is 18.4 Å². The minimum atomic E-state index is -4.06. The predicted molar refractivity (Wildman–Crippen MR) is 110 cm³/mol. The lowest BCUT2D eigenvalue weighted by atomic mass is 9.84. The van der Waals surface area contributed by atoms with E-state index >= 15 is 0 Å². The topological polar surface area (TPSA) is 60.5 Å². The van der Waals surface area contributed by atoms with E-state index in [-0.39, 0.29) is 18.9 Å². The first-order chi connectivity index (χ1) is 14.9.